The molecule has 4 rings (SSSR count). The first-order chi connectivity index (χ1) is 11.3. The summed E-state index contributed by atoms with van der Waals surface area (Å²) in [7, 11) is 0. The molecule has 0 spiro atoms. The van der Waals surface area contributed by atoms with Crippen LogP contribution in [0.5, 0.6) is 0 Å². The van der Waals surface area contributed by atoms with Gasteiger partial charge in [-0.15, -0.1) is 5.10 Å². The molecule has 2 aromatic heterocycles. The van der Waals surface area contributed by atoms with Crippen molar-refractivity contribution in [1.82, 2.24) is 20.0 Å². The first kappa shape index (κ1) is 14.6. The van der Waals surface area contributed by atoms with Gasteiger partial charge in [0.1, 0.15) is 5.82 Å². The van der Waals surface area contributed by atoms with E-state index in [1.165, 1.54) is 18.2 Å². The standard InChI is InChI=1S/C17H18BrN5/c18-15-2-3-16-14(11-15)1-4-17(20-16)22-8-5-13(6-9-22)12-23-10-7-19-21-23/h1-4,7,10-11,13H,5-6,8-9,12H2. The first-order valence-corrected chi connectivity index (χ1v) is 8.72. The number of anilines is 1. The summed E-state index contributed by atoms with van der Waals surface area (Å²) >= 11 is 3.51. The van der Waals surface area contributed by atoms with Crippen molar-refractivity contribution in [3.8, 4) is 0 Å². The molecule has 1 saturated heterocycles. The number of aromatic nitrogens is 4. The highest BCUT2D eigenvalue weighted by atomic mass is 79.9. The minimum Gasteiger partial charge on any atom is -0.357 e. The smallest absolute Gasteiger partial charge is 0.129 e. The van der Waals surface area contributed by atoms with E-state index < -0.39 is 0 Å². The van der Waals surface area contributed by atoms with Crippen LogP contribution in [0.25, 0.3) is 10.9 Å². The minimum atomic E-state index is 0.671. The molecular formula is C17H18BrN5. The van der Waals surface area contributed by atoms with Crippen molar-refractivity contribution in [1.29, 1.82) is 0 Å². The number of fused-ring (bicyclic) bond motifs is 1. The third-order valence-electron chi connectivity index (χ3n) is 4.49. The quantitative estimate of drug-likeness (QED) is 0.706. The number of hydrogen-bond donors (Lipinski definition) is 0. The summed E-state index contributed by atoms with van der Waals surface area (Å²) in [5.74, 6) is 1.75. The third-order valence-corrected chi connectivity index (χ3v) is 4.99. The van der Waals surface area contributed by atoms with E-state index in [9.17, 15) is 0 Å². The van der Waals surface area contributed by atoms with E-state index in [1.807, 2.05) is 16.9 Å². The normalized spacial score (nSPS) is 16.1. The Kier molecular flexibility index (Phi) is 3.99. The number of piperidine rings is 1. The Hall–Kier alpha value is -1.95. The Morgan fingerprint density at radius 2 is 2.00 bits per heavy atom. The highest BCUT2D eigenvalue weighted by molar-refractivity contribution is 9.10. The van der Waals surface area contributed by atoms with E-state index in [0.29, 0.717) is 5.92 Å². The van der Waals surface area contributed by atoms with Gasteiger partial charge in [0.05, 0.1) is 11.7 Å². The Balaban J connectivity index is 1.44. The molecule has 0 atom stereocenters. The van der Waals surface area contributed by atoms with Crippen molar-refractivity contribution >= 4 is 32.7 Å². The van der Waals surface area contributed by atoms with E-state index in [1.54, 1.807) is 6.20 Å². The maximum Gasteiger partial charge on any atom is 0.129 e. The van der Waals surface area contributed by atoms with Crippen LogP contribution in [-0.2, 0) is 6.54 Å². The zero-order valence-electron chi connectivity index (χ0n) is 12.8. The fourth-order valence-electron chi connectivity index (χ4n) is 3.20. The maximum absolute atomic E-state index is 4.82. The molecule has 3 aromatic rings. The lowest BCUT2D eigenvalue weighted by atomic mass is 9.97. The molecule has 1 aliphatic heterocycles. The molecule has 1 aliphatic rings. The average molecular weight is 372 g/mol. The highest BCUT2D eigenvalue weighted by Gasteiger charge is 2.20. The molecule has 3 heterocycles. The Labute approximate surface area is 143 Å². The lowest BCUT2D eigenvalue weighted by Gasteiger charge is -2.32. The first-order valence-electron chi connectivity index (χ1n) is 7.93. The van der Waals surface area contributed by atoms with Crippen molar-refractivity contribution in [2.75, 3.05) is 18.0 Å². The maximum atomic E-state index is 4.82. The third kappa shape index (κ3) is 3.22. The molecular weight excluding hydrogens is 354 g/mol. The molecule has 23 heavy (non-hydrogen) atoms. The van der Waals surface area contributed by atoms with Gasteiger partial charge in [-0.1, -0.05) is 21.1 Å². The van der Waals surface area contributed by atoms with Crippen LogP contribution >= 0.6 is 15.9 Å². The summed E-state index contributed by atoms with van der Waals surface area (Å²) < 4.78 is 3.03. The van der Waals surface area contributed by atoms with Gasteiger partial charge >= 0.3 is 0 Å². The van der Waals surface area contributed by atoms with Crippen LogP contribution in [0.4, 0.5) is 5.82 Å². The summed E-state index contributed by atoms with van der Waals surface area (Å²) in [5.41, 5.74) is 1.05. The van der Waals surface area contributed by atoms with Crippen LogP contribution in [0.15, 0.2) is 47.2 Å². The number of hydrogen-bond acceptors (Lipinski definition) is 4. The van der Waals surface area contributed by atoms with E-state index >= 15 is 0 Å². The number of pyridine rings is 1. The van der Waals surface area contributed by atoms with Crippen LogP contribution in [0.1, 0.15) is 12.8 Å². The van der Waals surface area contributed by atoms with Gasteiger partial charge in [-0.25, -0.2) is 4.98 Å². The van der Waals surface area contributed by atoms with E-state index in [0.717, 1.165) is 35.4 Å². The number of halogens is 1. The molecule has 1 aromatic carbocycles. The molecule has 118 valence electrons. The van der Waals surface area contributed by atoms with Gasteiger partial charge in [0.25, 0.3) is 0 Å². The Morgan fingerprint density at radius 1 is 1.13 bits per heavy atom. The molecule has 0 bridgehead atoms. The molecule has 0 unspecified atom stereocenters. The summed E-state index contributed by atoms with van der Waals surface area (Å²) in [5, 5.41) is 9.11. The molecule has 6 heteroatoms. The van der Waals surface area contributed by atoms with Gasteiger partial charge in [-0.2, -0.15) is 0 Å². The molecule has 0 amide bonds. The van der Waals surface area contributed by atoms with Gasteiger partial charge in [-0.05, 0) is 49.1 Å². The highest BCUT2D eigenvalue weighted by Crippen LogP contribution is 2.26. The Morgan fingerprint density at radius 3 is 2.78 bits per heavy atom. The van der Waals surface area contributed by atoms with Crippen LogP contribution in [0.3, 0.4) is 0 Å². The Bertz CT molecular complexity index is 794. The lowest BCUT2D eigenvalue weighted by Crippen LogP contribution is -2.35. The molecule has 0 N–H and O–H groups in total. The molecule has 0 saturated carbocycles. The minimum absolute atomic E-state index is 0.671. The zero-order valence-corrected chi connectivity index (χ0v) is 14.4. The fourth-order valence-corrected chi connectivity index (χ4v) is 3.58. The topological polar surface area (TPSA) is 46.8 Å². The fraction of sp³-hybridized carbons (Fsp3) is 0.353. The van der Waals surface area contributed by atoms with E-state index in [-0.39, 0.29) is 0 Å². The summed E-state index contributed by atoms with van der Waals surface area (Å²) in [6, 6.07) is 10.5. The molecule has 0 radical (unpaired) electrons. The predicted octanol–water partition coefficient (Wildman–Crippen LogP) is 3.51. The largest absolute Gasteiger partial charge is 0.357 e. The van der Waals surface area contributed by atoms with E-state index in [4.69, 9.17) is 4.98 Å². The van der Waals surface area contributed by atoms with Crippen LogP contribution in [0.2, 0.25) is 0 Å². The van der Waals surface area contributed by atoms with Gasteiger partial charge < -0.3 is 4.90 Å². The second-order valence-corrected chi connectivity index (χ2v) is 6.98. The summed E-state index contributed by atoms with van der Waals surface area (Å²) in [6.07, 6.45) is 6.02. The van der Waals surface area contributed by atoms with E-state index in [2.05, 4.69) is 55.4 Å². The predicted molar refractivity (Wildman–Crippen MR) is 94.4 cm³/mol. The molecule has 0 aliphatic carbocycles. The SMILES string of the molecule is Brc1ccc2nc(N3CCC(Cn4ccnn4)CC3)ccc2c1. The molecule has 5 nitrogen and oxygen atoms in total. The molecule has 1 fully saturated rings. The second kappa shape index (κ2) is 6.28. The van der Waals surface area contributed by atoms with Gasteiger partial charge in [-0.3, -0.25) is 4.68 Å². The van der Waals surface area contributed by atoms with Crippen molar-refractivity contribution < 1.29 is 0 Å². The van der Waals surface area contributed by atoms with Crippen molar-refractivity contribution in [3.05, 3.63) is 47.2 Å². The summed E-state index contributed by atoms with van der Waals surface area (Å²) in [4.78, 5) is 7.21. The summed E-state index contributed by atoms with van der Waals surface area (Å²) in [6.45, 7) is 3.07. The number of benzene rings is 1. The number of nitrogens with zero attached hydrogens (tertiary/aromatic N) is 5. The van der Waals surface area contributed by atoms with Crippen LogP contribution in [0, 0.1) is 5.92 Å². The van der Waals surface area contributed by atoms with Crippen molar-refractivity contribution in [2.45, 2.75) is 19.4 Å². The zero-order chi connectivity index (χ0) is 15.6. The van der Waals surface area contributed by atoms with Gasteiger partial charge in [0.15, 0.2) is 0 Å². The van der Waals surface area contributed by atoms with Gasteiger partial charge in [0.2, 0.25) is 0 Å². The number of rotatable bonds is 3. The average Bonchev–Trinajstić information content (AvgIpc) is 3.08. The van der Waals surface area contributed by atoms with Crippen molar-refractivity contribution in [3.63, 3.8) is 0 Å². The van der Waals surface area contributed by atoms with Crippen LogP contribution < -0.4 is 4.90 Å². The van der Waals surface area contributed by atoms with Crippen molar-refractivity contribution in [2.24, 2.45) is 5.92 Å². The second-order valence-electron chi connectivity index (χ2n) is 6.06. The lowest BCUT2D eigenvalue weighted by molar-refractivity contribution is 0.338. The monoisotopic (exact) mass is 371 g/mol. The van der Waals surface area contributed by atoms with Crippen LogP contribution in [-0.4, -0.2) is 33.1 Å². The van der Waals surface area contributed by atoms with Gasteiger partial charge in [0, 0.05) is 35.7 Å².